The van der Waals surface area contributed by atoms with Crippen LogP contribution in [0.1, 0.15) is 255 Å². The highest BCUT2D eigenvalue weighted by Crippen LogP contribution is 2.55. The minimum Gasteiger partial charge on any atom is -0.340 e. The first kappa shape index (κ1) is 60.5. The van der Waals surface area contributed by atoms with Crippen LogP contribution in [0.5, 0.6) is 0 Å². The van der Waals surface area contributed by atoms with Gasteiger partial charge in [0.05, 0.1) is 0 Å². The van der Waals surface area contributed by atoms with Crippen LogP contribution in [0.4, 0.5) is 22.7 Å². The highest BCUT2D eigenvalue weighted by Gasteiger charge is 2.37. The number of nitriles is 4. The maximum Gasteiger partial charge on any atom is 0.138 e. The van der Waals surface area contributed by atoms with Gasteiger partial charge in [-0.2, -0.15) is 21.0 Å². The molecule has 0 saturated carbocycles. The van der Waals surface area contributed by atoms with Crippen molar-refractivity contribution in [2.75, 3.05) is 22.9 Å². The van der Waals surface area contributed by atoms with Crippen molar-refractivity contribution in [1.82, 2.24) is 0 Å². The summed E-state index contributed by atoms with van der Waals surface area (Å²) in [7, 11) is 0. The quantitative estimate of drug-likeness (QED) is 0.0425. The van der Waals surface area contributed by atoms with Crippen LogP contribution in [0.3, 0.4) is 0 Å². The summed E-state index contributed by atoms with van der Waals surface area (Å²) in [5.74, 6) is 0.851. The lowest BCUT2D eigenvalue weighted by Crippen LogP contribution is -2.32. The number of rotatable bonds is 36. The van der Waals surface area contributed by atoms with Crippen molar-refractivity contribution in [3.63, 3.8) is 0 Å². The van der Waals surface area contributed by atoms with Gasteiger partial charge < -0.3 is 9.80 Å². The lowest BCUT2D eigenvalue weighted by Gasteiger charge is -2.41. The van der Waals surface area contributed by atoms with E-state index < -0.39 is 0 Å². The zero-order valence-electron chi connectivity index (χ0n) is 46.3. The Bertz CT molecular complexity index is 2240. The normalized spacial score (nSPS) is 13.2. The van der Waals surface area contributed by atoms with E-state index in [0.29, 0.717) is 23.0 Å². The number of benzene rings is 3. The lowest BCUT2D eigenvalue weighted by atomic mass is 9.80. The molecule has 2 aliphatic rings. The fourth-order valence-electron chi connectivity index (χ4n) is 11.8. The van der Waals surface area contributed by atoms with Crippen molar-refractivity contribution in [3.8, 4) is 24.3 Å². The molecule has 0 amide bonds. The van der Waals surface area contributed by atoms with Crippen molar-refractivity contribution < 1.29 is 0 Å². The molecule has 0 fully saturated rings. The summed E-state index contributed by atoms with van der Waals surface area (Å²) >= 11 is 7.61. The van der Waals surface area contributed by atoms with Gasteiger partial charge in [0.25, 0.3) is 0 Å². The van der Waals surface area contributed by atoms with Crippen molar-refractivity contribution in [3.05, 3.63) is 90.9 Å². The van der Waals surface area contributed by atoms with Gasteiger partial charge in [-0.3, -0.25) is 0 Å². The van der Waals surface area contributed by atoms with E-state index in [1.54, 1.807) is 0 Å². The molecule has 0 aliphatic carbocycles. The second kappa shape index (κ2) is 34.3. The predicted molar refractivity (Wildman–Crippen MR) is 321 cm³/mol. The predicted octanol–water partition coefficient (Wildman–Crippen LogP) is 21.6. The first-order chi connectivity index (χ1) is 36.3. The van der Waals surface area contributed by atoms with E-state index in [4.69, 9.17) is 0 Å². The summed E-state index contributed by atoms with van der Waals surface area (Å²) in [6, 6.07) is 26.4. The first-order valence-electron chi connectivity index (χ1n) is 29.7. The smallest absolute Gasteiger partial charge is 0.138 e. The van der Waals surface area contributed by atoms with Crippen LogP contribution in [0, 0.1) is 57.2 Å². The van der Waals surface area contributed by atoms with Gasteiger partial charge in [0, 0.05) is 78.2 Å². The molecule has 0 radical (unpaired) electrons. The molecular weight excluding hydrogens is 1040 g/mol. The highest BCUT2D eigenvalue weighted by molar-refractivity contribution is 9.10. The second-order valence-corrected chi connectivity index (χ2v) is 23.6. The minimum atomic E-state index is 0.0839. The van der Waals surface area contributed by atoms with Gasteiger partial charge in [-0.25, -0.2) is 0 Å². The van der Waals surface area contributed by atoms with E-state index in [1.807, 2.05) is 0 Å². The molecule has 3 aromatic rings. The average Bonchev–Trinajstić information content (AvgIpc) is 3.40. The van der Waals surface area contributed by atoms with E-state index in [9.17, 15) is 21.0 Å². The summed E-state index contributed by atoms with van der Waals surface area (Å²) in [4.78, 5) is 4.94. The van der Waals surface area contributed by atoms with Gasteiger partial charge in [-0.05, 0) is 86.1 Å². The van der Waals surface area contributed by atoms with Gasteiger partial charge >= 0.3 is 0 Å². The third-order valence-corrected chi connectivity index (χ3v) is 17.0. The maximum atomic E-state index is 10.8. The molecule has 6 nitrogen and oxygen atoms in total. The molecule has 398 valence electrons. The summed E-state index contributed by atoms with van der Waals surface area (Å²) in [5, 5.41) is 43.2. The van der Waals surface area contributed by atoms with E-state index in [-0.39, 0.29) is 11.1 Å². The van der Waals surface area contributed by atoms with Crippen LogP contribution in [-0.4, -0.2) is 13.1 Å². The largest absolute Gasteiger partial charge is 0.340 e. The van der Waals surface area contributed by atoms with Gasteiger partial charge in [0.15, 0.2) is 0 Å². The Morgan fingerprint density at radius 2 is 0.622 bits per heavy atom. The molecule has 2 atom stereocenters. The van der Waals surface area contributed by atoms with Gasteiger partial charge in [0.2, 0.25) is 0 Å². The van der Waals surface area contributed by atoms with Gasteiger partial charge in [0.1, 0.15) is 35.4 Å². The van der Waals surface area contributed by atoms with E-state index in [1.165, 1.54) is 180 Å². The topological polar surface area (TPSA) is 102 Å². The average molecular weight is 1130 g/mol. The third kappa shape index (κ3) is 17.9. The molecule has 0 saturated heterocycles. The third-order valence-electron chi connectivity index (χ3n) is 16.0. The summed E-state index contributed by atoms with van der Waals surface area (Å²) in [6.07, 6.45) is 40.2. The van der Waals surface area contributed by atoms with E-state index in [0.717, 1.165) is 92.7 Å². The number of fused-ring (bicyclic) bond motifs is 4. The Labute approximate surface area is 466 Å². The van der Waals surface area contributed by atoms with Crippen molar-refractivity contribution in [2.45, 2.75) is 233 Å². The lowest BCUT2D eigenvalue weighted by molar-refractivity contribution is 0.407. The number of anilines is 4. The Kier molecular flexibility index (Phi) is 28.1. The van der Waals surface area contributed by atoms with Crippen molar-refractivity contribution >= 4 is 65.8 Å². The monoisotopic (exact) mass is 1120 g/mol. The van der Waals surface area contributed by atoms with Gasteiger partial charge in [-0.15, -0.1) is 0 Å². The van der Waals surface area contributed by atoms with Crippen LogP contribution in [0.2, 0.25) is 0 Å². The summed E-state index contributed by atoms with van der Waals surface area (Å²) < 4.78 is 1.79. The van der Waals surface area contributed by atoms with Gasteiger partial charge in [-0.1, -0.05) is 239 Å². The maximum absolute atomic E-state index is 10.8. The zero-order valence-corrected chi connectivity index (χ0v) is 49.4. The van der Waals surface area contributed by atoms with Crippen LogP contribution >= 0.6 is 31.9 Å². The molecule has 0 spiro atoms. The molecule has 0 N–H and O–H groups in total. The first-order valence-corrected chi connectivity index (χ1v) is 31.3. The standard InChI is InChI=1S/C66H90Br2N6/c1-5-9-13-17-21-23-27-31-35-51(33-29-25-19-15-11-7-3)49-73-61-39-37-55(67)41-57(61)65(53(45-69)46-70)59-44-64-60(43-63(59)73)66(54(47-71)48-72)58-42-56(68)38-40-62(58)74(64)50-52(34-30-26-20-16-12-8-4)36-32-28-24-22-18-14-10-6-2/h37-44,51-52H,5-36,49-50H2,1-4H3. The Hall–Kier alpha value is -4.34. The number of hydrogen-bond donors (Lipinski definition) is 0. The molecule has 2 heterocycles. The highest BCUT2D eigenvalue weighted by atomic mass is 79.9. The fraction of sp³-hybridized carbons (Fsp3) is 0.606. The zero-order chi connectivity index (χ0) is 52.9. The molecule has 2 aliphatic heterocycles. The Balaban J connectivity index is 1.66. The molecule has 74 heavy (non-hydrogen) atoms. The fourth-order valence-corrected chi connectivity index (χ4v) is 12.5. The molecule has 2 unspecified atom stereocenters. The Morgan fingerprint density at radius 1 is 0.365 bits per heavy atom. The van der Waals surface area contributed by atoms with E-state index >= 15 is 0 Å². The van der Waals surface area contributed by atoms with Crippen LogP contribution < -0.4 is 9.80 Å². The molecular formula is C66H90Br2N6. The summed E-state index contributed by atoms with van der Waals surface area (Å²) in [6.45, 7) is 10.7. The number of hydrogen-bond acceptors (Lipinski definition) is 6. The minimum absolute atomic E-state index is 0.0839. The summed E-state index contributed by atoms with van der Waals surface area (Å²) in [5.41, 5.74) is 8.74. The second-order valence-electron chi connectivity index (χ2n) is 21.7. The van der Waals surface area contributed by atoms with Crippen LogP contribution in [0.15, 0.2) is 68.6 Å². The number of nitrogens with zero attached hydrogens (tertiary/aromatic N) is 6. The van der Waals surface area contributed by atoms with E-state index in [2.05, 4.69) is 142 Å². The number of unbranched alkanes of at least 4 members (excludes halogenated alkanes) is 24. The Morgan fingerprint density at radius 3 is 0.892 bits per heavy atom. The number of halogens is 2. The van der Waals surface area contributed by atoms with Crippen molar-refractivity contribution in [1.29, 1.82) is 21.0 Å². The molecule has 0 bridgehead atoms. The SMILES string of the molecule is CCCCCCCCCCC(CCCCCCCC)CN1c2ccc(Br)cc2C(=C(C#N)C#N)c2cc3c(cc21)C(=C(C#N)C#N)c1cc(Br)ccc1N3CC(CCCCCCCC)CCCCCCCCCC. The van der Waals surface area contributed by atoms with Crippen molar-refractivity contribution in [2.24, 2.45) is 11.8 Å². The molecule has 0 aromatic heterocycles. The molecule has 8 heteroatoms. The molecule has 5 rings (SSSR count). The molecule has 3 aromatic carbocycles. The number of allylic oxidation sites excluding steroid dienone is 2. The van der Waals surface area contributed by atoms with Crippen LogP contribution in [-0.2, 0) is 0 Å². The van der Waals surface area contributed by atoms with Crippen LogP contribution in [0.25, 0.3) is 11.1 Å².